The van der Waals surface area contributed by atoms with Gasteiger partial charge in [0.1, 0.15) is 5.60 Å². The lowest BCUT2D eigenvalue weighted by Gasteiger charge is -2.23. The molecule has 0 aliphatic rings. The molecule has 1 atom stereocenters. The highest BCUT2D eigenvalue weighted by atomic mass is 35.5. The summed E-state index contributed by atoms with van der Waals surface area (Å²) in [5.74, 6) is -0.522. The lowest BCUT2D eigenvalue weighted by atomic mass is 10.0. The molecule has 6 heteroatoms. The number of halogens is 1. The zero-order valence-electron chi connectivity index (χ0n) is 11.8. The van der Waals surface area contributed by atoms with Crippen LogP contribution in [0.4, 0.5) is 4.79 Å². The minimum Gasteiger partial charge on any atom is -0.444 e. The Morgan fingerprint density at radius 1 is 1.40 bits per heavy atom. The van der Waals surface area contributed by atoms with Gasteiger partial charge in [-0.1, -0.05) is 23.7 Å². The van der Waals surface area contributed by atoms with E-state index in [9.17, 15) is 9.59 Å². The summed E-state index contributed by atoms with van der Waals surface area (Å²) in [5, 5.41) is 3.14. The van der Waals surface area contributed by atoms with Gasteiger partial charge in [-0.2, -0.15) is 0 Å². The van der Waals surface area contributed by atoms with Gasteiger partial charge in [0.05, 0.1) is 12.5 Å². The molecule has 20 heavy (non-hydrogen) atoms. The van der Waals surface area contributed by atoms with Gasteiger partial charge in [-0.25, -0.2) is 4.79 Å². The quantitative estimate of drug-likeness (QED) is 0.896. The lowest BCUT2D eigenvalue weighted by Crippen LogP contribution is -2.36. The standard InChI is InChI=1S/C14H19ClN2O3/c1-14(2,3)20-13(19)17-11(8-12(16)18)9-5-4-6-10(15)7-9/h4-7,11H,8H2,1-3H3,(H2,16,18)(H,17,19)/t11-/m0/s1. The molecule has 1 aromatic carbocycles. The van der Waals surface area contributed by atoms with E-state index in [0.29, 0.717) is 10.6 Å². The van der Waals surface area contributed by atoms with E-state index < -0.39 is 23.6 Å². The van der Waals surface area contributed by atoms with Crippen LogP contribution in [0.25, 0.3) is 0 Å². The topological polar surface area (TPSA) is 81.4 Å². The smallest absolute Gasteiger partial charge is 0.408 e. The summed E-state index contributed by atoms with van der Waals surface area (Å²) >= 11 is 5.91. The van der Waals surface area contributed by atoms with Crippen LogP contribution in [0, 0.1) is 0 Å². The van der Waals surface area contributed by atoms with Crippen molar-refractivity contribution < 1.29 is 14.3 Å². The van der Waals surface area contributed by atoms with E-state index in [0.717, 1.165) is 0 Å². The first-order valence-electron chi connectivity index (χ1n) is 6.20. The van der Waals surface area contributed by atoms with Crippen molar-refractivity contribution in [3.05, 3.63) is 34.9 Å². The number of hydrogen-bond acceptors (Lipinski definition) is 3. The number of carbonyl (C=O) groups excluding carboxylic acids is 2. The molecule has 0 heterocycles. The van der Waals surface area contributed by atoms with Crippen molar-refractivity contribution >= 4 is 23.6 Å². The Balaban J connectivity index is 2.85. The Bertz CT molecular complexity index is 497. The zero-order chi connectivity index (χ0) is 15.3. The fourth-order valence-corrected chi connectivity index (χ4v) is 1.83. The molecule has 0 aliphatic heterocycles. The van der Waals surface area contributed by atoms with Crippen LogP contribution in [0.5, 0.6) is 0 Å². The number of benzene rings is 1. The molecule has 0 aromatic heterocycles. The van der Waals surface area contributed by atoms with Crippen molar-refractivity contribution in [2.45, 2.75) is 38.8 Å². The van der Waals surface area contributed by atoms with Crippen molar-refractivity contribution in [2.75, 3.05) is 0 Å². The van der Waals surface area contributed by atoms with E-state index >= 15 is 0 Å². The molecule has 0 bridgehead atoms. The highest BCUT2D eigenvalue weighted by molar-refractivity contribution is 6.30. The first-order chi connectivity index (χ1) is 9.17. The van der Waals surface area contributed by atoms with Crippen LogP contribution in [-0.2, 0) is 9.53 Å². The SMILES string of the molecule is CC(C)(C)OC(=O)N[C@@H](CC(N)=O)c1cccc(Cl)c1. The average molecular weight is 299 g/mol. The van der Waals surface area contributed by atoms with E-state index in [1.54, 1.807) is 45.0 Å². The largest absolute Gasteiger partial charge is 0.444 e. The summed E-state index contributed by atoms with van der Waals surface area (Å²) in [7, 11) is 0. The highest BCUT2D eigenvalue weighted by Crippen LogP contribution is 2.21. The average Bonchev–Trinajstić information content (AvgIpc) is 2.24. The predicted molar refractivity (Wildman–Crippen MR) is 77.4 cm³/mol. The van der Waals surface area contributed by atoms with Crippen LogP contribution in [-0.4, -0.2) is 17.6 Å². The summed E-state index contributed by atoms with van der Waals surface area (Å²) < 4.78 is 5.17. The third kappa shape index (κ3) is 5.93. The Hall–Kier alpha value is -1.75. The lowest BCUT2D eigenvalue weighted by molar-refractivity contribution is -0.118. The monoisotopic (exact) mass is 298 g/mol. The second kappa shape index (κ2) is 6.61. The number of primary amides is 1. The second-order valence-corrected chi connectivity index (χ2v) is 5.86. The third-order valence-corrected chi connectivity index (χ3v) is 2.58. The molecule has 0 unspecified atom stereocenters. The molecule has 1 rings (SSSR count). The fraction of sp³-hybridized carbons (Fsp3) is 0.429. The van der Waals surface area contributed by atoms with Crippen LogP contribution < -0.4 is 11.1 Å². The van der Waals surface area contributed by atoms with Gasteiger partial charge in [-0.05, 0) is 38.5 Å². The molecule has 110 valence electrons. The van der Waals surface area contributed by atoms with Crippen molar-refractivity contribution in [1.82, 2.24) is 5.32 Å². The van der Waals surface area contributed by atoms with Crippen LogP contribution in [0.1, 0.15) is 38.8 Å². The Morgan fingerprint density at radius 2 is 2.05 bits per heavy atom. The van der Waals surface area contributed by atoms with Crippen molar-refractivity contribution in [3.63, 3.8) is 0 Å². The van der Waals surface area contributed by atoms with Gasteiger partial charge in [-0.15, -0.1) is 0 Å². The molecule has 3 N–H and O–H groups in total. The number of rotatable bonds is 4. The minimum atomic E-state index is -0.615. The van der Waals surface area contributed by atoms with Crippen LogP contribution >= 0.6 is 11.6 Å². The Kier molecular flexibility index (Phi) is 5.39. The molecule has 2 amide bonds. The zero-order valence-corrected chi connectivity index (χ0v) is 12.5. The third-order valence-electron chi connectivity index (χ3n) is 2.35. The van der Waals surface area contributed by atoms with Gasteiger partial charge in [0.15, 0.2) is 0 Å². The Morgan fingerprint density at radius 3 is 2.55 bits per heavy atom. The van der Waals surface area contributed by atoms with Crippen LogP contribution in [0.15, 0.2) is 24.3 Å². The maximum Gasteiger partial charge on any atom is 0.408 e. The molecular weight excluding hydrogens is 280 g/mol. The molecule has 0 aliphatic carbocycles. The number of alkyl carbamates (subject to hydrolysis) is 1. The van der Waals surface area contributed by atoms with Crippen LogP contribution in [0.3, 0.4) is 0 Å². The molecule has 0 spiro atoms. The van der Waals surface area contributed by atoms with E-state index in [1.807, 2.05) is 0 Å². The van der Waals surface area contributed by atoms with Gasteiger partial charge < -0.3 is 15.8 Å². The molecule has 0 fully saturated rings. The second-order valence-electron chi connectivity index (χ2n) is 5.42. The van der Waals surface area contributed by atoms with Gasteiger partial charge in [0.25, 0.3) is 0 Å². The highest BCUT2D eigenvalue weighted by Gasteiger charge is 2.22. The molecule has 0 radical (unpaired) electrons. The first kappa shape index (κ1) is 16.3. The Labute approximate surface area is 123 Å². The first-order valence-corrected chi connectivity index (χ1v) is 6.58. The van der Waals surface area contributed by atoms with Crippen LogP contribution in [0.2, 0.25) is 5.02 Å². The number of ether oxygens (including phenoxy) is 1. The van der Waals surface area contributed by atoms with Gasteiger partial charge in [0, 0.05) is 5.02 Å². The molecule has 1 aromatic rings. The van der Waals surface area contributed by atoms with Gasteiger partial charge in [-0.3, -0.25) is 4.79 Å². The molecule has 5 nitrogen and oxygen atoms in total. The van der Waals surface area contributed by atoms with Crippen molar-refractivity contribution in [3.8, 4) is 0 Å². The van der Waals surface area contributed by atoms with E-state index in [4.69, 9.17) is 22.1 Å². The number of nitrogens with two attached hydrogens (primary N) is 1. The maximum absolute atomic E-state index is 11.8. The minimum absolute atomic E-state index is 0.0282. The summed E-state index contributed by atoms with van der Waals surface area (Å²) in [6, 6.07) is 6.31. The van der Waals surface area contributed by atoms with E-state index in [1.165, 1.54) is 0 Å². The number of nitrogens with one attached hydrogen (secondary N) is 1. The molecule has 0 saturated heterocycles. The molecule has 0 saturated carbocycles. The van der Waals surface area contributed by atoms with E-state index in [-0.39, 0.29) is 6.42 Å². The number of hydrogen-bond donors (Lipinski definition) is 2. The maximum atomic E-state index is 11.8. The summed E-state index contributed by atoms with van der Waals surface area (Å²) in [6.07, 6.45) is -0.636. The normalized spacial score (nSPS) is 12.6. The van der Waals surface area contributed by atoms with Crippen molar-refractivity contribution in [1.29, 1.82) is 0 Å². The number of amides is 2. The summed E-state index contributed by atoms with van der Waals surface area (Å²) in [6.45, 7) is 5.28. The molecular formula is C14H19ClN2O3. The van der Waals surface area contributed by atoms with Gasteiger partial charge in [0.2, 0.25) is 5.91 Å². The number of carbonyl (C=O) groups is 2. The fourth-order valence-electron chi connectivity index (χ4n) is 1.63. The van der Waals surface area contributed by atoms with Crippen molar-refractivity contribution in [2.24, 2.45) is 5.73 Å². The van der Waals surface area contributed by atoms with E-state index in [2.05, 4.69) is 5.32 Å². The van der Waals surface area contributed by atoms with Gasteiger partial charge >= 0.3 is 6.09 Å². The predicted octanol–water partition coefficient (Wildman–Crippen LogP) is 2.78. The summed E-state index contributed by atoms with van der Waals surface area (Å²) in [4.78, 5) is 22.9. The summed E-state index contributed by atoms with van der Waals surface area (Å²) in [5.41, 5.74) is 5.29.